The molecule has 1 atom stereocenters. The molecule has 88 valence electrons. The monoisotopic (exact) mass is 226 g/mol. The summed E-state index contributed by atoms with van der Waals surface area (Å²) < 4.78 is 18.0. The third-order valence-electron chi connectivity index (χ3n) is 2.19. The molecule has 0 saturated carbocycles. The number of rotatable bonds is 5. The summed E-state index contributed by atoms with van der Waals surface area (Å²) in [5.41, 5.74) is 0.215. The Labute approximate surface area is 93.9 Å². The third kappa shape index (κ3) is 3.62. The maximum Gasteiger partial charge on any atom is 0.305 e. The zero-order valence-corrected chi connectivity index (χ0v) is 9.15. The molecule has 1 aromatic carbocycles. The minimum atomic E-state index is -0.967. The molecule has 4 heteroatoms. The van der Waals surface area contributed by atoms with Crippen molar-refractivity contribution in [3.8, 4) is 0 Å². The van der Waals surface area contributed by atoms with Gasteiger partial charge in [0.15, 0.2) is 0 Å². The first-order chi connectivity index (χ1) is 7.65. The van der Waals surface area contributed by atoms with Crippen LogP contribution in [0.4, 0.5) is 4.39 Å². The van der Waals surface area contributed by atoms with Gasteiger partial charge in [0.25, 0.3) is 0 Å². The Morgan fingerprint density at radius 2 is 2.19 bits per heavy atom. The number of hydrogen-bond acceptors (Lipinski definition) is 3. The Morgan fingerprint density at radius 1 is 1.50 bits per heavy atom. The van der Waals surface area contributed by atoms with Gasteiger partial charge in [0.05, 0.1) is 12.7 Å². The van der Waals surface area contributed by atoms with Crippen LogP contribution in [0.2, 0.25) is 0 Å². The second kappa shape index (κ2) is 6.23. The molecule has 3 nitrogen and oxygen atoms in total. The largest absolute Gasteiger partial charge is 0.466 e. The van der Waals surface area contributed by atoms with Crippen molar-refractivity contribution in [3.63, 3.8) is 0 Å². The maximum atomic E-state index is 13.2. The highest BCUT2D eigenvalue weighted by molar-refractivity contribution is 5.69. The second-order valence-corrected chi connectivity index (χ2v) is 3.38. The molecular weight excluding hydrogens is 211 g/mol. The molecule has 1 rings (SSSR count). The summed E-state index contributed by atoms with van der Waals surface area (Å²) >= 11 is 0. The van der Waals surface area contributed by atoms with E-state index < -0.39 is 11.9 Å². The lowest BCUT2D eigenvalue weighted by Gasteiger charge is -2.11. The summed E-state index contributed by atoms with van der Waals surface area (Å²) in [6, 6.07) is 5.98. The average molecular weight is 226 g/mol. The molecule has 0 fully saturated rings. The van der Waals surface area contributed by atoms with E-state index in [1.54, 1.807) is 19.1 Å². The SMILES string of the molecule is CCOC(=O)CCC(O)c1ccccc1F. The number of hydrogen-bond donors (Lipinski definition) is 1. The van der Waals surface area contributed by atoms with Gasteiger partial charge in [-0.25, -0.2) is 4.39 Å². The van der Waals surface area contributed by atoms with E-state index in [1.165, 1.54) is 12.1 Å². The standard InChI is InChI=1S/C12H15FO3/c1-2-16-12(15)8-7-11(14)9-5-3-4-6-10(9)13/h3-6,11,14H,2,7-8H2,1H3. The number of ether oxygens (including phenoxy) is 1. The zero-order valence-electron chi connectivity index (χ0n) is 9.15. The van der Waals surface area contributed by atoms with Crippen molar-refractivity contribution in [2.75, 3.05) is 6.61 Å². The van der Waals surface area contributed by atoms with Gasteiger partial charge in [-0.15, -0.1) is 0 Å². The van der Waals surface area contributed by atoms with Crippen LogP contribution < -0.4 is 0 Å². The van der Waals surface area contributed by atoms with Crippen molar-refractivity contribution >= 4 is 5.97 Å². The first-order valence-electron chi connectivity index (χ1n) is 5.23. The molecule has 0 saturated heterocycles. The van der Waals surface area contributed by atoms with Gasteiger partial charge >= 0.3 is 5.97 Å². The van der Waals surface area contributed by atoms with Gasteiger partial charge in [-0.3, -0.25) is 4.79 Å². The van der Waals surface area contributed by atoms with Gasteiger partial charge in [-0.2, -0.15) is 0 Å². The molecule has 1 unspecified atom stereocenters. The number of halogens is 1. The summed E-state index contributed by atoms with van der Waals surface area (Å²) in [6.07, 6.45) is -0.714. The van der Waals surface area contributed by atoms with Gasteiger partial charge < -0.3 is 9.84 Å². The summed E-state index contributed by atoms with van der Waals surface area (Å²) in [4.78, 5) is 11.0. The summed E-state index contributed by atoms with van der Waals surface area (Å²) in [5.74, 6) is -0.836. The molecule has 0 aromatic heterocycles. The van der Waals surface area contributed by atoms with Crippen LogP contribution in [0, 0.1) is 5.82 Å². The predicted octanol–water partition coefficient (Wildman–Crippen LogP) is 2.20. The van der Waals surface area contributed by atoms with Crippen LogP contribution in [0.25, 0.3) is 0 Å². The molecule has 16 heavy (non-hydrogen) atoms. The van der Waals surface area contributed by atoms with E-state index in [2.05, 4.69) is 0 Å². The van der Waals surface area contributed by atoms with Crippen LogP contribution >= 0.6 is 0 Å². The zero-order chi connectivity index (χ0) is 12.0. The smallest absolute Gasteiger partial charge is 0.305 e. The fraction of sp³-hybridized carbons (Fsp3) is 0.417. The highest BCUT2D eigenvalue weighted by atomic mass is 19.1. The van der Waals surface area contributed by atoms with E-state index in [9.17, 15) is 14.3 Å². The summed E-state index contributed by atoms with van der Waals surface area (Å²) in [7, 11) is 0. The number of aliphatic hydroxyl groups is 1. The van der Waals surface area contributed by atoms with Gasteiger partial charge in [0.1, 0.15) is 5.82 Å². The van der Waals surface area contributed by atoms with E-state index in [1.807, 2.05) is 0 Å². The van der Waals surface area contributed by atoms with Crippen LogP contribution in [0.5, 0.6) is 0 Å². The third-order valence-corrected chi connectivity index (χ3v) is 2.19. The Morgan fingerprint density at radius 3 is 2.81 bits per heavy atom. The van der Waals surface area contributed by atoms with Crippen LogP contribution in [0.3, 0.4) is 0 Å². The van der Waals surface area contributed by atoms with Crippen LogP contribution in [0.1, 0.15) is 31.4 Å². The minimum Gasteiger partial charge on any atom is -0.466 e. The lowest BCUT2D eigenvalue weighted by Crippen LogP contribution is -2.07. The van der Waals surface area contributed by atoms with E-state index in [-0.39, 0.29) is 24.4 Å². The first kappa shape index (κ1) is 12.6. The van der Waals surface area contributed by atoms with E-state index >= 15 is 0 Å². The molecule has 0 bridgehead atoms. The molecule has 0 amide bonds. The highest BCUT2D eigenvalue weighted by Gasteiger charge is 2.14. The van der Waals surface area contributed by atoms with Gasteiger partial charge in [-0.1, -0.05) is 18.2 Å². The fourth-order valence-corrected chi connectivity index (χ4v) is 1.39. The number of aliphatic hydroxyl groups excluding tert-OH is 1. The predicted molar refractivity (Wildman–Crippen MR) is 57.2 cm³/mol. The highest BCUT2D eigenvalue weighted by Crippen LogP contribution is 2.21. The topological polar surface area (TPSA) is 46.5 Å². The average Bonchev–Trinajstić information content (AvgIpc) is 2.27. The quantitative estimate of drug-likeness (QED) is 0.783. The lowest BCUT2D eigenvalue weighted by atomic mass is 10.0. The Kier molecular flexibility index (Phi) is 4.92. The van der Waals surface area contributed by atoms with E-state index in [0.29, 0.717) is 6.61 Å². The van der Waals surface area contributed by atoms with Crippen molar-refractivity contribution in [2.45, 2.75) is 25.9 Å². The number of benzene rings is 1. The number of carbonyl (C=O) groups excluding carboxylic acids is 1. The van der Waals surface area contributed by atoms with Crippen LogP contribution in [0.15, 0.2) is 24.3 Å². The molecule has 0 heterocycles. The molecule has 0 radical (unpaired) electrons. The summed E-state index contributed by atoms with van der Waals surface area (Å²) in [6.45, 7) is 2.03. The van der Waals surface area contributed by atoms with Gasteiger partial charge in [-0.05, 0) is 19.4 Å². The molecule has 0 spiro atoms. The van der Waals surface area contributed by atoms with Crippen molar-refractivity contribution < 1.29 is 19.0 Å². The molecular formula is C12H15FO3. The maximum absolute atomic E-state index is 13.2. The number of esters is 1. The van der Waals surface area contributed by atoms with Gasteiger partial charge in [0, 0.05) is 12.0 Å². The van der Waals surface area contributed by atoms with Crippen LogP contribution in [-0.2, 0) is 9.53 Å². The molecule has 1 N–H and O–H groups in total. The normalized spacial score (nSPS) is 12.2. The molecule has 0 aliphatic heterocycles. The Bertz CT molecular complexity index is 352. The van der Waals surface area contributed by atoms with Crippen LogP contribution in [-0.4, -0.2) is 17.7 Å². The molecule has 0 aliphatic rings. The lowest BCUT2D eigenvalue weighted by molar-refractivity contribution is -0.143. The molecule has 0 aliphatic carbocycles. The van der Waals surface area contributed by atoms with E-state index in [0.717, 1.165) is 0 Å². The van der Waals surface area contributed by atoms with Crippen molar-refractivity contribution in [1.82, 2.24) is 0 Å². The summed E-state index contributed by atoms with van der Waals surface area (Å²) in [5, 5.41) is 9.67. The second-order valence-electron chi connectivity index (χ2n) is 3.38. The van der Waals surface area contributed by atoms with Crippen molar-refractivity contribution in [3.05, 3.63) is 35.6 Å². The Hall–Kier alpha value is -1.42. The van der Waals surface area contributed by atoms with E-state index in [4.69, 9.17) is 4.74 Å². The fourth-order valence-electron chi connectivity index (χ4n) is 1.39. The first-order valence-corrected chi connectivity index (χ1v) is 5.23. The van der Waals surface area contributed by atoms with Gasteiger partial charge in [0.2, 0.25) is 0 Å². The minimum absolute atomic E-state index is 0.0866. The Balaban J connectivity index is 2.50. The number of carbonyl (C=O) groups is 1. The van der Waals surface area contributed by atoms with Crippen molar-refractivity contribution in [2.24, 2.45) is 0 Å². The molecule has 1 aromatic rings. The van der Waals surface area contributed by atoms with Crippen molar-refractivity contribution in [1.29, 1.82) is 0 Å².